The molecule has 0 aliphatic carbocycles. The van der Waals surface area contributed by atoms with Crippen LogP contribution in [0, 0.1) is 11.8 Å². The van der Waals surface area contributed by atoms with Gasteiger partial charge in [-0.3, -0.25) is 14.4 Å². The van der Waals surface area contributed by atoms with Crippen LogP contribution in [0.4, 0.5) is 5.69 Å². The quantitative estimate of drug-likeness (QED) is 0.277. The van der Waals surface area contributed by atoms with Gasteiger partial charge in [0.2, 0.25) is 5.91 Å². The van der Waals surface area contributed by atoms with Crippen LogP contribution in [-0.4, -0.2) is 69.6 Å². The lowest BCUT2D eigenvalue weighted by Gasteiger charge is -2.39. The van der Waals surface area contributed by atoms with E-state index in [0.717, 1.165) is 22.8 Å². The number of rotatable bonds is 10. The Kier molecular flexibility index (Phi) is 7.85. The number of hydrogen-bond donors (Lipinski definition) is 1. The van der Waals surface area contributed by atoms with Gasteiger partial charge in [0.1, 0.15) is 6.04 Å². The minimum atomic E-state index is -0.850. The van der Waals surface area contributed by atoms with Gasteiger partial charge in [0, 0.05) is 17.5 Å². The number of thioether (sulfide) groups is 1. The molecular formula is C34H36N2O5S. The summed E-state index contributed by atoms with van der Waals surface area (Å²) in [7, 11) is 0. The number of hydrogen-bond acceptors (Lipinski definition) is 6. The van der Waals surface area contributed by atoms with Crippen LogP contribution in [0.5, 0.6) is 0 Å². The third-order valence-corrected chi connectivity index (χ3v) is 11.0. The number of carbonyl (C=O) groups excluding carboxylic acids is 3. The highest BCUT2D eigenvalue weighted by Gasteiger charge is 2.74. The Labute approximate surface area is 250 Å². The first-order valence-electron chi connectivity index (χ1n) is 14.7. The number of aliphatic hydroxyl groups excluding tert-OH is 1. The molecule has 1 N–H and O–H groups in total. The van der Waals surface area contributed by atoms with Crippen LogP contribution < -0.4 is 4.90 Å². The highest BCUT2D eigenvalue weighted by atomic mass is 32.2. The highest BCUT2D eigenvalue weighted by Crippen LogP contribution is 2.67. The van der Waals surface area contributed by atoms with E-state index in [2.05, 4.69) is 6.58 Å². The van der Waals surface area contributed by atoms with Crippen LogP contribution in [0.25, 0.3) is 10.8 Å². The standard InChI is InChI=1S/C34H36N2O5S/c1-3-18-35(25-15-14-23-12-8-9-13-24(23)20-25)32(39)30-34-17-16-27(42-34)28(33(40)41-4-2)29(34)31(38)36(30)26(21-37)19-22-10-6-5-7-11-22/h3,5-15,20,26-30,37H,1,4,16-19,21H2,2H3/t26-,27-,28+,29+,30?,34?/m1/s1. The number of esters is 1. The molecule has 3 aliphatic heterocycles. The van der Waals surface area contributed by atoms with Crippen molar-refractivity contribution in [2.24, 2.45) is 11.8 Å². The number of carbonyl (C=O) groups is 3. The molecule has 3 saturated heterocycles. The monoisotopic (exact) mass is 584 g/mol. The lowest BCUT2D eigenvalue weighted by Crippen LogP contribution is -2.58. The van der Waals surface area contributed by atoms with Crippen molar-refractivity contribution in [1.82, 2.24) is 4.90 Å². The van der Waals surface area contributed by atoms with Crippen molar-refractivity contribution in [3.05, 3.63) is 91.0 Å². The van der Waals surface area contributed by atoms with Gasteiger partial charge in [-0.2, -0.15) is 0 Å². The van der Waals surface area contributed by atoms with E-state index >= 15 is 0 Å². The number of aliphatic hydroxyl groups is 1. The summed E-state index contributed by atoms with van der Waals surface area (Å²) in [5.41, 5.74) is 1.68. The fraction of sp³-hybridized carbons (Fsp3) is 0.382. The van der Waals surface area contributed by atoms with Crippen LogP contribution in [0.15, 0.2) is 85.5 Å². The molecule has 0 saturated carbocycles. The first kappa shape index (κ1) is 28.5. The molecular weight excluding hydrogens is 548 g/mol. The predicted octanol–water partition coefficient (Wildman–Crippen LogP) is 4.62. The second-order valence-electron chi connectivity index (χ2n) is 11.3. The molecule has 1 spiro atoms. The zero-order valence-corrected chi connectivity index (χ0v) is 24.5. The van der Waals surface area contributed by atoms with Crippen LogP contribution >= 0.6 is 11.8 Å². The second kappa shape index (κ2) is 11.6. The van der Waals surface area contributed by atoms with E-state index in [1.807, 2.05) is 72.8 Å². The normalized spacial score (nSPS) is 26.7. The van der Waals surface area contributed by atoms with E-state index in [1.54, 1.807) is 34.6 Å². The Morgan fingerprint density at radius 1 is 1.14 bits per heavy atom. The SMILES string of the molecule is C=CCN(C(=O)C1N([C@@H](CO)Cc2ccccc2)C(=O)[C@@H]2[C@@H](C(=O)OCC)[C@H]3CCC12S3)c1ccc2ccccc2c1. The first-order chi connectivity index (χ1) is 20.4. The van der Waals surface area contributed by atoms with Crippen LogP contribution in [0.2, 0.25) is 0 Å². The fourth-order valence-corrected chi connectivity index (χ4v) is 9.54. The topological polar surface area (TPSA) is 87.2 Å². The predicted molar refractivity (Wildman–Crippen MR) is 165 cm³/mol. The van der Waals surface area contributed by atoms with Crippen molar-refractivity contribution in [2.45, 2.75) is 48.3 Å². The maximum absolute atomic E-state index is 14.9. The van der Waals surface area contributed by atoms with Crippen LogP contribution in [-0.2, 0) is 25.5 Å². The molecule has 6 atom stereocenters. The van der Waals surface area contributed by atoms with Gasteiger partial charge >= 0.3 is 5.97 Å². The number of fused-ring (bicyclic) bond motifs is 2. The van der Waals surface area contributed by atoms with Gasteiger partial charge in [-0.1, -0.05) is 66.7 Å². The zero-order valence-electron chi connectivity index (χ0n) is 23.7. The molecule has 3 fully saturated rings. The molecule has 6 rings (SSSR count). The molecule has 2 bridgehead atoms. The first-order valence-corrected chi connectivity index (χ1v) is 15.5. The molecule has 3 aromatic rings. The summed E-state index contributed by atoms with van der Waals surface area (Å²) in [5, 5.41) is 12.7. The van der Waals surface area contributed by atoms with Gasteiger partial charge in [-0.15, -0.1) is 18.3 Å². The summed E-state index contributed by atoms with van der Waals surface area (Å²) in [6.45, 7) is 5.88. The number of benzene rings is 3. The Morgan fingerprint density at radius 3 is 2.60 bits per heavy atom. The van der Waals surface area contributed by atoms with E-state index in [0.29, 0.717) is 18.5 Å². The largest absolute Gasteiger partial charge is 0.466 e. The summed E-state index contributed by atoms with van der Waals surface area (Å²) in [6.07, 6.45) is 3.46. The van der Waals surface area contributed by atoms with Gasteiger partial charge in [0.05, 0.1) is 35.8 Å². The molecule has 2 amide bonds. The van der Waals surface area contributed by atoms with E-state index in [1.165, 1.54) is 0 Å². The average molecular weight is 585 g/mol. The molecule has 0 radical (unpaired) electrons. The molecule has 3 heterocycles. The van der Waals surface area contributed by atoms with Gasteiger partial charge in [0.15, 0.2) is 0 Å². The van der Waals surface area contributed by atoms with Crippen LogP contribution in [0.3, 0.4) is 0 Å². The second-order valence-corrected chi connectivity index (χ2v) is 12.9. The van der Waals surface area contributed by atoms with Crippen molar-refractivity contribution in [3.63, 3.8) is 0 Å². The van der Waals surface area contributed by atoms with Gasteiger partial charge in [-0.25, -0.2) is 0 Å². The van der Waals surface area contributed by atoms with Crippen molar-refractivity contribution in [1.29, 1.82) is 0 Å². The number of likely N-dealkylation sites (tertiary alicyclic amines) is 1. The van der Waals surface area contributed by atoms with Crippen LogP contribution in [0.1, 0.15) is 25.3 Å². The van der Waals surface area contributed by atoms with E-state index in [9.17, 15) is 19.5 Å². The van der Waals surface area contributed by atoms with Crippen molar-refractivity contribution < 1.29 is 24.2 Å². The van der Waals surface area contributed by atoms with E-state index in [-0.39, 0.29) is 42.8 Å². The molecule has 42 heavy (non-hydrogen) atoms. The summed E-state index contributed by atoms with van der Waals surface area (Å²) in [6, 6.07) is 22.1. The molecule has 3 aliphatic rings. The van der Waals surface area contributed by atoms with Crippen molar-refractivity contribution in [2.75, 3.05) is 24.7 Å². The molecule has 7 nitrogen and oxygen atoms in total. The zero-order chi connectivity index (χ0) is 29.4. The summed E-state index contributed by atoms with van der Waals surface area (Å²) in [5.74, 6) is -2.12. The minimum Gasteiger partial charge on any atom is -0.466 e. The Balaban J connectivity index is 1.45. The lowest BCUT2D eigenvalue weighted by atomic mass is 9.71. The molecule has 8 heteroatoms. The number of anilines is 1. The third kappa shape index (κ3) is 4.61. The lowest BCUT2D eigenvalue weighted by molar-refractivity contribution is -0.154. The highest BCUT2D eigenvalue weighted by molar-refractivity contribution is 8.02. The molecule has 2 unspecified atom stereocenters. The molecule has 3 aromatic carbocycles. The number of amides is 2. The van der Waals surface area contributed by atoms with Gasteiger partial charge < -0.3 is 19.6 Å². The van der Waals surface area contributed by atoms with Gasteiger partial charge in [0.25, 0.3) is 5.91 Å². The third-order valence-electron chi connectivity index (χ3n) is 9.07. The summed E-state index contributed by atoms with van der Waals surface area (Å²) in [4.78, 5) is 46.0. The maximum atomic E-state index is 14.9. The summed E-state index contributed by atoms with van der Waals surface area (Å²) >= 11 is 1.60. The van der Waals surface area contributed by atoms with E-state index in [4.69, 9.17) is 4.74 Å². The molecule has 0 aromatic heterocycles. The average Bonchev–Trinajstić information content (AvgIpc) is 3.66. The Bertz CT molecular complexity index is 1510. The van der Waals surface area contributed by atoms with Gasteiger partial charge in [-0.05, 0) is 54.7 Å². The smallest absolute Gasteiger partial charge is 0.310 e. The minimum absolute atomic E-state index is 0.0781. The molecule has 218 valence electrons. The number of ether oxygens (including phenoxy) is 1. The Morgan fingerprint density at radius 2 is 1.88 bits per heavy atom. The van der Waals surface area contributed by atoms with E-state index < -0.39 is 28.7 Å². The maximum Gasteiger partial charge on any atom is 0.310 e. The van der Waals surface area contributed by atoms with Crippen molar-refractivity contribution >= 4 is 46.0 Å². The fourth-order valence-electron chi connectivity index (χ4n) is 7.35. The Hall–Kier alpha value is -3.62. The van der Waals surface area contributed by atoms with Crippen molar-refractivity contribution in [3.8, 4) is 0 Å². The summed E-state index contributed by atoms with van der Waals surface area (Å²) < 4.78 is 4.68. The number of nitrogens with zero attached hydrogens (tertiary/aromatic N) is 2.